The van der Waals surface area contributed by atoms with Crippen molar-refractivity contribution in [2.24, 2.45) is 5.92 Å². The molecule has 0 radical (unpaired) electrons. The van der Waals surface area contributed by atoms with E-state index in [0.717, 1.165) is 25.5 Å². The summed E-state index contributed by atoms with van der Waals surface area (Å²) in [6.45, 7) is 10.6. The van der Waals surface area contributed by atoms with Crippen LogP contribution < -0.4 is 0 Å². The lowest BCUT2D eigenvalue weighted by molar-refractivity contribution is -0.108. The van der Waals surface area contributed by atoms with Crippen molar-refractivity contribution in [1.82, 2.24) is 0 Å². The summed E-state index contributed by atoms with van der Waals surface area (Å²) in [6, 6.07) is 0. The Morgan fingerprint density at radius 1 is 1.47 bits per heavy atom. The first kappa shape index (κ1) is 14.4. The molecule has 2 nitrogen and oxygen atoms in total. The number of hydrogen-bond donors (Lipinski definition) is 0. The lowest BCUT2D eigenvalue weighted by atomic mass is 9.95. The van der Waals surface area contributed by atoms with Crippen LogP contribution in [0.5, 0.6) is 0 Å². The van der Waals surface area contributed by atoms with Gasteiger partial charge in [0.15, 0.2) is 0 Å². The average molecular weight is 212 g/mol. The SMILES string of the molecule is C=CCOC(C)(C)CCCC(C)CC=O. The van der Waals surface area contributed by atoms with Gasteiger partial charge in [-0.15, -0.1) is 6.58 Å². The summed E-state index contributed by atoms with van der Waals surface area (Å²) < 4.78 is 5.63. The molecule has 0 fully saturated rings. The molecular formula is C13H24O2. The lowest BCUT2D eigenvalue weighted by Crippen LogP contribution is -2.24. The highest BCUT2D eigenvalue weighted by atomic mass is 16.5. The number of aldehydes is 1. The van der Waals surface area contributed by atoms with E-state index < -0.39 is 0 Å². The second-order valence-corrected chi connectivity index (χ2v) is 4.76. The summed E-state index contributed by atoms with van der Waals surface area (Å²) in [7, 11) is 0. The summed E-state index contributed by atoms with van der Waals surface area (Å²) >= 11 is 0. The van der Waals surface area contributed by atoms with Gasteiger partial charge in [-0.1, -0.05) is 25.8 Å². The summed E-state index contributed by atoms with van der Waals surface area (Å²) in [5.74, 6) is 0.498. The third-order valence-electron chi connectivity index (χ3n) is 2.57. The van der Waals surface area contributed by atoms with E-state index in [2.05, 4.69) is 27.4 Å². The Hall–Kier alpha value is -0.630. The minimum atomic E-state index is -0.0743. The Morgan fingerprint density at radius 3 is 2.67 bits per heavy atom. The molecule has 0 saturated carbocycles. The summed E-state index contributed by atoms with van der Waals surface area (Å²) in [4.78, 5) is 10.3. The van der Waals surface area contributed by atoms with Gasteiger partial charge in [0.05, 0.1) is 12.2 Å². The number of hydrogen-bond acceptors (Lipinski definition) is 2. The van der Waals surface area contributed by atoms with Crippen LogP contribution in [-0.4, -0.2) is 18.5 Å². The zero-order valence-corrected chi connectivity index (χ0v) is 10.3. The van der Waals surface area contributed by atoms with Gasteiger partial charge in [0, 0.05) is 6.42 Å². The monoisotopic (exact) mass is 212 g/mol. The van der Waals surface area contributed by atoms with Gasteiger partial charge < -0.3 is 9.53 Å². The Balaban J connectivity index is 3.63. The van der Waals surface area contributed by atoms with Gasteiger partial charge in [0.1, 0.15) is 6.29 Å². The smallest absolute Gasteiger partial charge is 0.120 e. The molecule has 0 amide bonds. The summed E-state index contributed by atoms with van der Waals surface area (Å²) in [6.07, 6.45) is 6.69. The van der Waals surface area contributed by atoms with Gasteiger partial charge in [-0.3, -0.25) is 0 Å². The molecule has 0 spiro atoms. The molecule has 0 aliphatic rings. The highest BCUT2D eigenvalue weighted by Crippen LogP contribution is 2.20. The molecule has 0 aromatic carbocycles. The third kappa shape index (κ3) is 8.37. The van der Waals surface area contributed by atoms with E-state index in [1.165, 1.54) is 0 Å². The molecule has 0 aliphatic carbocycles. The molecule has 15 heavy (non-hydrogen) atoms. The molecule has 0 saturated heterocycles. The fourth-order valence-corrected chi connectivity index (χ4v) is 1.52. The minimum Gasteiger partial charge on any atom is -0.372 e. The van der Waals surface area contributed by atoms with Crippen molar-refractivity contribution in [2.45, 2.75) is 52.1 Å². The molecule has 0 aromatic heterocycles. The first-order valence-corrected chi connectivity index (χ1v) is 5.70. The van der Waals surface area contributed by atoms with E-state index in [0.29, 0.717) is 18.9 Å². The molecule has 0 N–H and O–H groups in total. The zero-order chi connectivity index (χ0) is 11.7. The Kier molecular flexibility index (Phi) is 7.31. The second-order valence-electron chi connectivity index (χ2n) is 4.76. The Bertz CT molecular complexity index is 185. The Morgan fingerprint density at radius 2 is 2.13 bits per heavy atom. The predicted molar refractivity (Wildman–Crippen MR) is 63.9 cm³/mol. The third-order valence-corrected chi connectivity index (χ3v) is 2.57. The molecule has 0 rings (SSSR count). The van der Waals surface area contributed by atoms with Crippen LogP contribution in [0.2, 0.25) is 0 Å². The number of rotatable bonds is 9. The van der Waals surface area contributed by atoms with Crippen LogP contribution in [0.25, 0.3) is 0 Å². The lowest BCUT2D eigenvalue weighted by Gasteiger charge is -2.25. The van der Waals surface area contributed by atoms with Crippen molar-refractivity contribution in [3.05, 3.63) is 12.7 Å². The molecule has 0 heterocycles. The molecular weight excluding hydrogens is 188 g/mol. The molecule has 88 valence electrons. The van der Waals surface area contributed by atoms with E-state index in [1.54, 1.807) is 6.08 Å². The molecule has 2 heteroatoms. The fraction of sp³-hybridized carbons (Fsp3) is 0.769. The zero-order valence-electron chi connectivity index (χ0n) is 10.3. The van der Waals surface area contributed by atoms with Gasteiger partial charge in [-0.25, -0.2) is 0 Å². The van der Waals surface area contributed by atoms with E-state index in [1.807, 2.05) is 0 Å². The maximum Gasteiger partial charge on any atom is 0.120 e. The van der Waals surface area contributed by atoms with Crippen molar-refractivity contribution in [1.29, 1.82) is 0 Å². The van der Waals surface area contributed by atoms with Gasteiger partial charge in [-0.2, -0.15) is 0 Å². The second kappa shape index (κ2) is 7.63. The van der Waals surface area contributed by atoms with E-state index >= 15 is 0 Å². The maximum absolute atomic E-state index is 10.3. The molecule has 1 atom stereocenters. The van der Waals surface area contributed by atoms with Crippen molar-refractivity contribution in [2.75, 3.05) is 6.61 Å². The van der Waals surface area contributed by atoms with E-state index in [4.69, 9.17) is 4.74 Å². The summed E-state index contributed by atoms with van der Waals surface area (Å²) in [5, 5.41) is 0. The first-order chi connectivity index (χ1) is 7.02. The van der Waals surface area contributed by atoms with Gasteiger partial charge >= 0.3 is 0 Å². The number of carbonyl (C=O) groups is 1. The predicted octanol–water partition coefficient (Wildman–Crippen LogP) is 3.36. The quantitative estimate of drug-likeness (QED) is 0.432. The van der Waals surface area contributed by atoms with Crippen LogP contribution in [0.15, 0.2) is 12.7 Å². The maximum atomic E-state index is 10.3. The van der Waals surface area contributed by atoms with Crippen LogP contribution in [0.3, 0.4) is 0 Å². The number of carbonyl (C=O) groups excluding carboxylic acids is 1. The molecule has 0 bridgehead atoms. The van der Waals surface area contributed by atoms with Gasteiger partial charge in [0.25, 0.3) is 0 Å². The van der Waals surface area contributed by atoms with E-state index in [9.17, 15) is 4.79 Å². The van der Waals surface area contributed by atoms with Crippen molar-refractivity contribution >= 4 is 6.29 Å². The largest absolute Gasteiger partial charge is 0.372 e. The molecule has 1 unspecified atom stereocenters. The van der Waals surface area contributed by atoms with E-state index in [-0.39, 0.29) is 5.60 Å². The highest BCUT2D eigenvalue weighted by Gasteiger charge is 2.17. The standard InChI is InChI=1S/C13H24O2/c1-5-11-15-13(3,4)9-6-7-12(2)8-10-14/h5,10,12H,1,6-9,11H2,2-4H3. The summed E-state index contributed by atoms with van der Waals surface area (Å²) in [5.41, 5.74) is -0.0743. The molecule has 0 aliphatic heterocycles. The molecule has 0 aromatic rings. The van der Waals surface area contributed by atoms with Crippen molar-refractivity contribution < 1.29 is 9.53 Å². The van der Waals surface area contributed by atoms with Gasteiger partial charge in [-0.05, 0) is 26.2 Å². The number of ether oxygens (including phenoxy) is 1. The van der Waals surface area contributed by atoms with Crippen LogP contribution >= 0.6 is 0 Å². The van der Waals surface area contributed by atoms with Crippen LogP contribution in [0, 0.1) is 5.92 Å². The topological polar surface area (TPSA) is 26.3 Å². The van der Waals surface area contributed by atoms with Crippen molar-refractivity contribution in [3.63, 3.8) is 0 Å². The fourth-order valence-electron chi connectivity index (χ4n) is 1.52. The average Bonchev–Trinajstić information content (AvgIpc) is 2.15. The first-order valence-electron chi connectivity index (χ1n) is 5.70. The van der Waals surface area contributed by atoms with Crippen molar-refractivity contribution in [3.8, 4) is 0 Å². The Labute approximate surface area is 93.7 Å². The minimum absolute atomic E-state index is 0.0743. The van der Waals surface area contributed by atoms with Gasteiger partial charge in [0.2, 0.25) is 0 Å². The normalized spacial score (nSPS) is 13.5. The highest BCUT2D eigenvalue weighted by molar-refractivity contribution is 5.49. The van der Waals surface area contributed by atoms with Crippen LogP contribution in [0.1, 0.15) is 46.5 Å². The van der Waals surface area contributed by atoms with Crippen LogP contribution in [-0.2, 0) is 9.53 Å². The van der Waals surface area contributed by atoms with Crippen LogP contribution in [0.4, 0.5) is 0 Å².